The van der Waals surface area contributed by atoms with Gasteiger partial charge in [0.15, 0.2) is 0 Å². The summed E-state index contributed by atoms with van der Waals surface area (Å²) in [6.07, 6.45) is 78.5. The Morgan fingerprint density at radius 2 is 0.726 bits per heavy atom. The molecule has 0 aliphatic heterocycles. The number of hydrogen-bond acceptors (Lipinski definition) is 3. The van der Waals surface area contributed by atoms with Crippen LogP contribution in [0.2, 0.25) is 0 Å². The van der Waals surface area contributed by atoms with Crippen LogP contribution in [0.4, 0.5) is 0 Å². The number of nitrogens with one attached hydrogen (secondary N) is 1. The van der Waals surface area contributed by atoms with Crippen LogP contribution in [0, 0.1) is 0 Å². The number of unbranched alkanes of at least 4 members (excludes halogenated alkanes) is 26. The summed E-state index contributed by atoms with van der Waals surface area (Å²) < 4.78 is 0. The van der Waals surface area contributed by atoms with E-state index in [1.165, 1.54) is 154 Å². The molecule has 2 atom stereocenters. The quantitative estimate of drug-likeness (QED) is 0.0422. The highest BCUT2D eigenvalue weighted by Gasteiger charge is 2.17. The second-order valence-corrected chi connectivity index (χ2v) is 17.6. The fourth-order valence-corrected chi connectivity index (χ4v) is 7.55. The molecule has 0 saturated heterocycles. The lowest BCUT2D eigenvalue weighted by molar-refractivity contribution is -0.123. The summed E-state index contributed by atoms with van der Waals surface area (Å²) >= 11 is 0. The van der Waals surface area contributed by atoms with E-state index < -0.39 is 12.1 Å². The lowest BCUT2D eigenvalue weighted by Crippen LogP contribution is -2.45. The summed E-state index contributed by atoms with van der Waals surface area (Å²) in [7, 11) is 0. The molecule has 0 fully saturated rings. The van der Waals surface area contributed by atoms with Crippen molar-refractivity contribution in [3.05, 3.63) is 97.2 Å². The van der Waals surface area contributed by atoms with E-state index in [1.54, 1.807) is 6.08 Å². The first-order valence-electron chi connectivity index (χ1n) is 26.5. The van der Waals surface area contributed by atoms with E-state index in [2.05, 4.69) is 104 Å². The van der Waals surface area contributed by atoms with Gasteiger partial charge in [-0.15, -0.1) is 0 Å². The van der Waals surface area contributed by atoms with Crippen molar-refractivity contribution in [3.63, 3.8) is 0 Å². The van der Waals surface area contributed by atoms with Crippen LogP contribution in [-0.2, 0) is 4.79 Å². The molecule has 0 bridgehead atoms. The topological polar surface area (TPSA) is 69.6 Å². The van der Waals surface area contributed by atoms with Crippen LogP contribution in [-0.4, -0.2) is 34.9 Å². The van der Waals surface area contributed by atoms with Gasteiger partial charge in [-0.05, 0) is 83.5 Å². The van der Waals surface area contributed by atoms with Crippen LogP contribution in [0.3, 0.4) is 0 Å². The molecule has 0 aromatic heterocycles. The molecule has 0 aromatic rings. The zero-order chi connectivity index (χ0) is 44.9. The SMILES string of the molecule is CC/C=C\C/C=C\C/C=C\C/C=C\C/C=C\C/C=C\CCCCCCCCCCCCCCCCCCCCCCC(=O)NC(CO)C(O)/C=C/CC/C=C/CCCCCCC. The van der Waals surface area contributed by atoms with E-state index in [9.17, 15) is 15.0 Å². The van der Waals surface area contributed by atoms with Crippen molar-refractivity contribution >= 4 is 5.91 Å². The first-order chi connectivity index (χ1) is 30.7. The van der Waals surface area contributed by atoms with E-state index in [0.29, 0.717) is 6.42 Å². The molecule has 1 amide bonds. The number of allylic oxidation sites excluding steroid dienone is 15. The molecule has 4 nitrogen and oxygen atoms in total. The molecule has 0 radical (unpaired) electrons. The maximum atomic E-state index is 12.4. The van der Waals surface area contributed by atoms with Gasteiger partial charge >= 0.3 is 0 Å². The second kappa shape index (κ2) is 52.7. The molecule has 356 valence electrons. The van der Waals surface area contributed by atoms with Gasteiger partial charge in [-0.25, -0.2) is 0 Å². The molecule has 62 heavy (non-hydrogen) atoms. The highest BCUT2D eigenvalue weighted by molar-refractivity contribution is 5.76. The number of rotatable bonds is 47. The fraction of sp³-hybridized carbons (Fsp3) is 0.707. The van der Waals surface area contributed by atoms with Crippen molar-refractivity contribution in [1.29, 1.82) is 0 Å². The summed E-state index contributed by atoms with van der Waals surface area (Å²) in [6.45, 7) is 4.15. The van der Waals surface area contributed by atoms with E-state index in [4.69, 9.17) is 0 Å². The van der Waals surface area contributed by atoms with Crippen LogP contribution in [0.5, 0.6) is 0 Å². The molecule has 3 N–H and O–H groups in total. The van der Waals surface area contributed by atoms with Gasteiger partial charge in [-0.1, -0.05) is 252 Å². The molecule has 0 spiro atoms. The average molecular weight is 860 g/mol. The Morgan fingerprint density at radius 3 is 1.13 bits per heavy atom. The van der Waals surface area contributed by atoms with Crippen molar-refractivity contribution in [2.75, 3.05) is 6.61 Å². The lowest BCUT2D eigenvalue weighted by atomic mass is 10.0. The summed E-state index contributed by atoms with van der Waals surface area (Å²) in [5.74, 6) is -0.0759. The molecule has 0 aromatic carbocycles. The number of aliphatic hydroxyl groups is 2. The normalized spacial score (nSPS) is 13.7. The first-order valence-corrected chi connectivity index (χ1v) is 26.5. The number of amides is 1. The minimum atomic E-state index is -0.863. The predicted octanol–water partition coefficient (Wildman–Crippen LogP) is 17.4. The van der Waals surface area contributed by atoms with E-state index >= 15 is 0 Å². The van der Waals surface area contributed by atoms with Gasteiger partial charge in [0.2, 0.25) is 5.91 Å². The summed E-state index contributed by atoms with van der Waals surface area (Å²) in [6, 6.07) is -0.640. The molecule has 0 heterocycles. The molecule has 2 unspecified atom stereocenters. The van der Waals surface area contributed by atoms with Crippen molar-refractivity contribution in [3.8, 4) is 0 Å². The highest BCUT2D eigenvalue weighted by atomic mass is 16.3. The van der Waals surface area contributed by atoms with Crippen molar-refractivity contribution < 1.29 is 15.0 Å². The number of hydrogen-bond donors (Lipinski definition) is 3. The molecule has 0 saturated carbocycles. The molecule has 0 aliphatic rings. The number of carbonyl (C=O) groups excluding carboxylic acids is 1. The van der Waals surface area contributed by atoms with Crippen molar-refractivity contribution in [1.82, 2.24) is 5.32 Å². The van der Waals surface area contributed by atoms with Crippen LogP contribution >= 0.6 is 0 Å². The zero-order valence-corrected chi connectivity index (χ0v) is 40.9. The molecule has 0 aliphatic carbocycles. The minimum Gasteiger partial charge on any atom is -0.394 e. The standard InChI is InChI=1S/C58H101NO3/c1-3-5-7-9-11-13-15-16-17-18-19-20-21-22-23-24-25-26-27-28-29-30-31-32-33-34-35-36-37-38-39-40-41-42-44-46-48-50-52-54-58(62)59-56(55-60)57(61)53-51-49-47-45-43-14-12-10-8-6-4-2/h5,7,11,13,16-17,19-20,22-23,25-26,43,45,51,53,56-57,60-61H,3-4,6,8-10,12,14-15,18,21,24,27-42,44,46-50,52,54-55H2,1-2H3,(H,59,62)/b7-5-,13-11-,17-16-,20-19-,23-22-,26-25-,45-43+,53-51+. The molecular weight excluding hydrogens is 759 g/mol. The smallest absolute Gasteiger partial charge is 0.220 e. The monoisotopic (exact) mass is 860 g/mol. The third kappa shape index (κ3) is 48.3. The number of aliphatic hydroxyl groups excluding tert-OH is 2. The van der Waals surface area contributed by atoms with Gasteiger partial charge in [-0.2, -0.15) is 0 Å². The lowest BCUT2D eigenvalue weighted by Gasteiger charge is -2.19. The second-order valence-electron chi connectivity index (χ2n) is 17.6. The molecule has 0 rings (SSSR count). The Kier molecular flexibility index (Phi) is 50.4. The summed E-state index contributed by atoms with van der Waals surface area (Å²) in [5, 5.41) is 23.0. The zero-order valence-electron chi connectivity index (χ0n) is 40.9. The minimum absolute atomic E-state index is 0.0759. The van der Waals surface area contributed by atoms with Crippen LogP contribution in [0.1, 0.15) is 245 Å². The van der Waals surface area contributed by atoms with Gasteiger partial charge in [0.05, 0.1) is 18.8 Å². The van der Waals surface area contributed by atoms with Crippen LogP contribution < -0.4 is 5.32 Å². The maximum absolute atomic E-state index is 12.4. The first kappa shape index (κ1) is 59.3. The van der Waals surface area contributed by atoms with Gasteiger partial charge < -0.3 is 15.5 Å². The van der Waals surface area contributed by atoms with E-state index in [1.807, 2.05) is 6.08 Å². The van der Waals surface area contributed by atoms with Crippen LogP contribution in [0.25, 0.3) is 0 Å². The van der Waals surface area contributed by atoms with Crippen molar-refractivity contribution in [2.24, 2.45) is 0 Å². The fourth-order valence-electron chi connectivity index (χ4n) is 7.55. The Balaban J connectivity index is 3.46. The Bertz CT molecular complexity index is 1160. The highest BCUT2D eigenvalue weighted by Crippen LogP contribution is 2.16. The third-order valence-corrected chi connectivity index (χ3v) is 11.6. The van der Waals surface area contributed by atoms with E-state index in [0.717, 1.165) is 70.6 Å². The van der Waals surface area contributed by atoms with Crippen molar-refractivity contribution in [2.45, 2.75) is 257 Å². The maximum Gasteiger partial charge on any atom is 0.220 e. The summed E-state index contributed by atoms with van der Waals surface area (Å²) in [4.78, 5) is 12.4. The summed E-state index contributed by atoms with van der Waals surface area (Å²) in [5.41, 5.74) is 0. The Hall–Kier alpha value is -2.69. The number of carbonyl (C=O) groups is 1. The molecular formula is C58H101NO3. The van der Waals surface area contributed by atoms with Gasteiger partial charge in [0, 0.05) is 6.42 Å². The van der Waals surface area contributed by atoms with Gasteiger partial charge in [0.25, 0.3) is 0 Å². The van der Waals surface area contributed by atoms with Gasteiger partial charge in [0.1, 0.15) is 0 Å². The molecule has 4 heteroatoms. The van der Waals surface area contributed by atoms with Gasteiger partial charge in [-0.3, -0.25) is 4.79 Å². The largest absolute Gasteiger partial charge is 0.394 e. The van der Waals surface area contributed by atoms with Crippen LogP contribution in [0.15, 0.2) is 97.2 Å². The Morgan fingerprint density at radius 1 is 0.403 bits per heavy atom. The van der Waals surface area contributed by atoms with E-state index in [-0.39, 0.29) is 12.5 Å². The predicted molar refractivity (Wildman–Crippen MR) is 276 cm³/mol. The Labute approximate surface area is 385 Å². The average Bonchev–Trinajstić information content (AvgIpc) is 3.28. The third-order valence-electron chi connectivity index (χ3n) is 11.6.